The highest BCUT2D eigenvalue weighted by molar-refractivity contribution is 8.14. The SMILES string of the molecule is Cc1cnc(CN=C2NC3(CCCC3)CS2)cn1. The molecule has 4 nitrogen and oxygen atoms in total. The van der Waals surface area contributed by atoms with Gasteiger partial charge in [0.25, 0.3) is 0 Å². The van der Waals surface area contributed by atoms with Gasteiger partial charge in [0.05, 0.1) is 24.1 Å². The lowest BCUT2D eigenvalue weighted by Gasteiger charge is -2.21. The Hall–Kier alpha value is -1.10. The van der Waals surface area contributed by atoms with Gasteiger partial charge in [0, 0.05) is 17.5 Å². The zero-order chi connectivity index (χ0) is 12.4. The Morgan fingerprint density at radius 2 is 2.17 bits per heavy atom. The summed E-state index contributed by atoms with van der Waals surface area (Å²) in [6.07, 6.45) is 8.90. The molecular formula is C13H18N4S. The molecule has 1 aliphatic carbocycles. The van der Waals surface area contributed by atoms with Gasteiger partial charge in [-0.05, 0) is 19.8 Å². The van der Waals surface area contributed by atoms with Gasteiger partial charge in [-0.2, -0.15) is 0 Å². The molecule has 2 fully saturated rings. The van der Waals surface area contributed by atoms with Crippen molar-refractivity contribution in [3.63, 3.8) is 0 Å². The second-order valence-electron chi connectivity index (χ2n) is 5.17. The van der Waals surface area contributed by atoms with E-state index in [0.29, 0.717) is 12.1 Å². The maximum Gasteiger partial charge on any atom is 0.157 e. The van der Waals surface area contributed by atoms with Gasteiger partial charge in [-0.15, -0.1) is 0 Å². The molecule has 96 valence electrons. The number of hydrogen-bond acceptors (Lipinski definition) is 4. The number of hydrogen-bond donors (Lipinski definition) is 1. The molecule has 0 unspecified atom stereocenters. The van der Waals surface area contributed by atoms with E-state index in [1.54, 1.807) is 6.20 Å². The summed E-state index contributed by atoms with van der Waals surface area (Å²) in [4.78, 5) is 13.2. The molecule has 0 aromatic carbocycles. The molecule has 1 N–H and O–H groups in total. The molecule has 0 radical (unpaired) electrons. The minimum Gasteiger partial charge on any atom is -0.359 e. The molecule has 0 amide bonds. The Bertz CT molecular complexity index is 449. The zero-order valence-corrected chi connectivity index (χ0v) is 11.5. The number of aromatic nitrogens is 2. The summed E-state index contributed by atoms with van der Waals surface area (Å²) in [6.45, 7) is 2.57. The predicted octanol–water partition coefficient (Wildman–Crippen LogP) is 2.29. The van der Waals surface area contributed by atoms with Gasteiger partial charge in [-0.25, -0.2) is 0 Å². The summed E-state index contributed by atoms with van der Waals surface area (Å²) in [7, 11) is 0. The first-order valence-corrected chi connectivity index (χ1v) is 7.47. The van der Waals surface area contributed by atoms with Crippen LogP contribution < -0.4 is 5.32 Å². The number of aryl methyl sites for hydroxylation is 1. The lowest BCUT2D eigenvalue weighted by molar-refractivity contribution is 0.452. The van der Waals surface area contributed by atoms with Gasteiger partial charge >= 0.3 is 0 Å². The van der Waals surface area contributed by atoms with Crippen molar-refractivity contribution in [1.29, 1.82) is 0 Å². The summed E-state index contributed by atoms with van der Waals surface area (Å²) in [5.41, 5.74) is 2.23. The van der Waals surface area contributed by atoms with Crippen LogP contribution >= 0.6 is 11.8 Å². The lowest BCUT2D eigenvalue weighted by Crippen LogP contribution is -2.40. The molecule has 18 heavy (non-hydrogen) atoms. The van der Waals surface area contributed by atoms with Crippen molar-refractivity contribution in [1.82, 2.24) is 15.3 Å². The maximum absolute atomic E-state index is 4.61. The smallest absolute Gasteiger partial charge is 0.157 e. The van der Waals surface area contributed by atoms with Crippen molar-refractivity contribution in [2.24, 2.45) is 4.99 Å². The van der Waals surface area contributed by atoms with Crippen LogP contribution in [0, 0.1) is 6.92 Å². The number of rotatable bonds is 2. The first kappa shape index (κ1) is 12.0. The molecule has 2 aliphatic rings. The van der Waals surface area contributed by atoms with Gasteiger partial charge in [-0.3, -0.25) is 15.0 Å². The van der Waals surface area contributed by atoms with E-state index >= 15 is 0 Å². The van der Waals surface area contributed by atoms with E-state index in [1.165, 1.54) is 31.4 Å². The standard InChI is InChI=1S/C13H18N4S/c1-10-6-15-11(7-14-10)8-16-12-17-13(9-18-12)4-2-3-5-13/h6-7H,2-5,8-9H2,1H3,(H,16,17). The Balaban J connectivity index is 1.62. The molecule has 0 bridgehead atoms. The molecule has 1 saturated carbocycles. The Kier molecular flexibility index (Phi) is 3.24. The Morgan fingerprint density at radius 1 is 1.33 bits per heavy atom. The first-order chi connectivity index (χ1) is 8.76. The summed E-state index contributed by atoms with van der Waals surface area (Å²) >= 11 is 1.85. The van der Waals surface area contributed by atoms with Crippen LogP contribution in [0.3, 0.4) is 0 Å². The van der Waals surface area contributed by atoms with Crippen molar-refractivity contribution in [2.45, 2.75) is 44.7 Å². The van der Waals surface area contributed by atoms with Gasteiger partial charge < -0.3 is 5.32 Å². The fourth-order valence-electron chi connectivity index (χ4n) is 2.57. The molecule has 5 heteroatoms. The summed E-state index contributed by atoms with van der Waals surface area (Å²) in [5.74, 6) is 1.17. The van der Waals surface area contributed by atoms with Crippen LogP contribution in [-0.2, 0) is 6.54 Å². The minimum atomic E-state index is 0.350. The largest absolute Gasteiger partial charge is 0.359 e. The van der Waals surface area contributed by atoms with Crippen molar-refractivity contribution in [3.05, 3.63) is 23.8 Å². The molecule has 1 aliphatic heterocycles. The van der Waals surface area contributed by atoms with Crippen molar-refractivity contribution < 1.29 is 0 Å². The second kappa shape index (κ2) is 4.88. The van der Waals surface area contributed by atoms with Crippen molar-refractivity contribution in [3.8, 4) is 0 Å². The third-order valence-electron chi connectivity index (χ3n) is 3.64. The molecule has 2 heterocycles. The summed E-state index contributed by atoms with van der Waals surface area (Å²) in [5, 5.41) is 4.70. The minimum absolute atomic E-state index is 0.350. The van der Waals surface area contributed by atoms with E-state index in [9.17, 15) is 0 Å². The van der Waals surface area contributed by atoms with E-state index in [2.05, 4.69) is 20.3 Å². The molecular weight excluding hydrogens is 244 g/mol. The molecule has 0 atom stereocenters. The van der Waals surface area contributed by atoms with Crippen LogP contribution in [0.1, 0.15) is 37.1 Å². The van der Waals surface area contributed by atoms with E-state index in [0.717, 1.165) is 16.6 Å². The van der Waals surface area contributed by atoms with Crippen LogP contribution in [0.5, 0.6) is 0 Å². The lowest BCUT2D eigenvalue weighted by atomic mass is 10.0. The van der Waals surface area contributed by atoms with Crippen LogP contribution in [0.4, 0.5) is 0 Å². The third kappa shape index (κ3) is 2.51. The fourth-order valence-corrected chi connectivity index (χ4v) is 3.78. The summed E-state index contributed by atoms with van der Waals surface area (Å²) < 4.78 is 0. The normalized spacial score (nSPS) is 23.7. The number of thioether (sulfide) groups is 1. The Labute approximate surface area is 112 Å². The number of nitrogens with one attached hydrogen (secondary N) is 1. The number of amidine groups is 1. The van der Waals surface area contributed by atoms with E-state index in [4.69, 9.17) is 0 Å². The first-order valence-electron chi connectivity index (χ1n) is 6.49. The third-order valence-corrected chi connectivity index (χ3v) is 4.84. The van der Waals surface area contributed by atoms with E-state index in [1.807, 2.05) is 24.9 Å². The number of aliphatic imine (C=N–C) groups is 1. The van der Waals surface area contributed by atoms with Crippen LogP contribution in [0.25, 0.3) is 0 Å². The number of nitrogens with zero attached hydrogens (tertiary/aromatic N) is 3. The van der Waals surface area contributed by atoms with Crippen molar-refractivity contribution >= 4 is 16.9 Å². The topological polar surface area (TPSA) is 50.2 Å². The van der Waals surface area contributed by atoms with Crippen molar-refractivity contribution in [2.75, 3.05) is 5.75 Å². The average Bonchev–Trinajstić information content (AvgIpc) is 3.00. The van der Waals surface area contributed by atoms with Crippen LogP contribution in [0.15, 0.2) is 17.4 Å². The summed E-state index contributed by atoms with van der Waals surface area (Å²) in [6, 6.07) is 0. The van der Waals surface area contributed by atoms with Gasteiger partial charge in [0.15, 0.2) is 5.17 Å². The maximum atomic E-state index is 4.61. The fraction of sp³-hybridized carbons (Fsp3) is 0.615. The van der Waals surface area contributed by atoms with Gasteiger partial charge in [0.2, 0.25) is 0 Å². The van der Waals surface area contributed by atoms with Crippen LogP contribution in [-0.4, -0.2) is 26.4 Å². The van der Waals surface area contributed by atoms with Crippen LogP contribution in [0.2, 0.25) is 0 Å². The highest BCUT2D eigenvalue weighted by Gasteiger charge is 2.39. The average molecular weight is 262 g/mol. The molecule has 1 aromatic heterocycles. The van der Waals surface area contributed by atoms with Gasteiger partial charge in [0.1, 0.15) is 0 Å². The molecule has 1 saturated heterocycles. The molecule has 1 aromatic rings. The molecule has 1 spiro atoms. The highest BCUT2D eigenvalue weighted by atomic mass is 32.2. The zero-order valence-electron chi connectivity index (χ0n) is 10.6. The van der Waals surface area contributed by atoms with E-state index in [-0.39, 0.29) is 0 Å². The van der Waals surface area contributed by atoms with Gasteiger partial charge in [-0.1, -0.05) is 24.6 Å². The quantitative estimate of drug-likeness (QED) is 0.888. The second-order valence-corrected chi connectivity index (χ2v) is 6.14. The Morgan fingerprint density at radius 3 is 2.89 bits per heavy atom. The predicted molar refractivity (Wildman–Crippen MR) is 74.7 cm³/mol. The van der Waals surface area contributed by atoms with E-state index < -0.39 is 0 Å². The molecule has 3 rings (SSSR count). The highest BCUT2D eigenvalue weighted by Crippen LogP contribution is 2.37. The monoisotopic (exact) mass is 262 g/mol.